The van der Waals surface area contributed by atoms with Gasteiger partial charge in [0.25, 0.3) is 0 Å². The van der Waals surface area contributed by atoms with Gasteiger partial charge in [-0.15, -0.1) is 0 Å². The van der Waals surface area contributed by atoms with Crippen molar-refractivity contribution in [2.24, 2.45) is 0 Å². The molecular weight excluding hydrogens is 365 g/mol. The summed E-state index contributed by atoms with van der Waals surface area (Å²) in [4.78, 5) is 15.9. The van der Waals surface area contributed by atoms with E-state index in [2.05, 4.69) is 36.8 Å². The number of carbonyl (C=O) groups excluding carboxylic acids is 1. The first-order chi connectivity index (χ1) is 8.56. The lowest BCUT2D eigenvalue weighted by Gasteiger charge is -2.04. The molecule has 0 aliphatic heterocycles. The van der Waals surface area contributed by atoms with Gasteiger partial charge in [0.15, 0.2) is 5.78 Å². The van der Waals surface area contributed by atoms with Crippen LogP contribution in [0.3, 0.4) is 0 Å². The number of benzene rings is 1. The van der Waals surface area contributed by atoms with Crippen LogP contribution in [0.15, 0.2) is 45.6 Å². The van der Waals surface area contributed by atoms with Gasteiger partial charge >= 0.3 is 0 Å². The zero-order valence-electron chi connectivity index (χ0n) is 9.16. The Kier molecular flexibility index (Phi) is 4.24. The molecule has 1 aromatic heterocycles. The van der Waals surface area contributed by atoms with Gasteiger partial charge in [0.1, 0.15) is 5.82 Å². The molecule has 2 rings (SSSR count). The number of rotatable bonds is 3. The Morgan fingerprint density at radius 1 is 1.17 bits per heavy atom. The fourth-order valence-corrected chi connectivity index (χ4v) is 2.29. The van der Waals surface area contributed by atoms with Crippen molar-refractivity contribution in [3.63, 3.8) is 0 Å². The normalized spacial score (nSPS) is 10.4. The van der Waals surface area contributed by atoms with Crippen molar-refractivity contribution < 1.29 is 9.18 Å². The van der Waals surface area contributed by atoms with E-state index in [1.54, 1.807) is 24.4 Å². The molecule has 2 nitrogen and oxygen atoms in total. The van der Waals surface area contributed by atoms with Crippen LogP contribution in [0.1, 0.15) is 15.9 Å². The summed E-state index contributed by atoms with van der Waals surface area (Å²) in [7, 11) is 0. The number of hydrogen-bond donors (Lipinski definition) is 0. The highest BCUT2D eigenvalue weighted by atomic mass is 79.9. The average Bonchev–Trinajstić information content (AvgIpc) is 2.34. The molecule has 1 aromatic carbocycles. The number of ketones is 1. The molecule has 92 valence electrons. The van der Waals surface area contributed by atoms with E-state index in [1.165, 1.54) is 12.3 Å². The quantitative estimate of drug-likeness (QED) is 0.757. The molecule has 0 aliphatic carbocycles. The van der Waals surface area contributed by atoms with Gasteiger partial charge in [-0.3, -0.25) is 9.78 Å². The third-order valence-electron chi connectivity index (χ3n) is 2.39. The van der Waals surface area contributed by atoms with Crippen molar-refractivity contribution in [1.82, 2.24) is 4.98 Å². The van der Waals surface area contributed by atoms with Gasteiger partial charge in [-0.2, -0.15) is 0 Å². The number of halogens is 3. The Balaban J connectivity index is 2.24. The average molecular weight is 373 g/mol. The van der Waals surface area contributed by atoms with Crippen molar-refractivity contribution in [1.29, 1.82) is 0 Å². The van der Waals surface area contributed by atoms with Crippen LogP contribution < -0.4 is 0 Å². The topological polar surface area (TPSA) is 30.0 Å². The highest BCUT2D eigenvalue weighted by Crippen LogP contribution is 2.18. The van der Waals surface area contributed by atoms with Crippen LogP contribution in [0.2, 0.25) is 0 Å². The van der Waals surface area contributed by atoms with Gasteiger partial charge in [0.2, 0.25) is 0 Å². The molecular formula is C13H8Br2FNO. The Bertz CT molecular complexity index is 601. The minimum Gasteiger partial charge on any atom is -0.294 e. The number of pyridine rings is 1. The van der Waals surface area contributed by atoms with Gasteiger partial charge < -0.3 is 0 Å². The summed E-state index contributed by atoms with van der Waals surface area (Å²) >= 11 is 6.50. The van der Waals surface area contributed by atoms with E-state index in [0.717, 1.165) is 8.95 Å². The number of hydrogen-bond acceptors (Lipinski definition) is 2. The maximum Gasteiger partial charge on any atom is 0.168 e. The summed E-state index contributed by atoms with van der Waals surface area (Å²) in [6.45, 7) is 0. The first-order valence-corrected chi connectivity index (χ1v) is 6.72. The highest BCUT2D eigenvalue weighted by Gasteiger charge is 2.11. The van der Waals surface area contributed by atoms with Gasteiger partial charge in [0.05, 0.1) is 0 Å². The molecule has 18 heavy (non-hydrogen) atoms. The van der Waals surface area contributed by atoms with Crippen LogP contribution in [0.5, 0.6) is 0 Å². The van der Waals surface area contributed by atoms with E-state index in [4.69, 9.17) is 0 Å². The Labute approximate surface area is 121 Å². The van der Waals surface area contributed by atoms with Crippen LogP contribution in [-0.2, 0) is 6.42 Å². The summed E-state index contributed by atoms with van der Waals surface area (Å²) in [5.74, 6) is -0.546. The minimum atomic E-state index is -0.380. The zero-order chi connectivity index (χ0) is 13.1. The highest BCUT2D eigenvalue weighted by molar-refractivity contribution is 9.10. The molecule has 0 amide bonds. The van der Waals surface area contributed by atoms with Gasteiger partial charge in [-0.1, -0.05) is 15.9 Å². The van der Waals surface area contributed by atoms with Crippen LogP contribution in [0.4, 0.5) is 4.39 Å². The first kappa shape index (κ1) is 13.4. The second kappa shape index (κ2) is 5.71. The fourth-order valence-electron chi connectivity index (χ4n) is 1.52. The van der Waals surface area contributed by atoms with Crippen molar-refractivity contribution in [3.8, 4) is 0 Å². The molecule has 0 unspecified atom stereocenters. The minimum absolute atomic E-state index is 0.0173. The lowest BCUT2D eigenvalue weighted by atomic mass is 10.0. The van der Waals surface area contributed by atoms with Gasteiger partial charge in [0, 0.05) is 33.3 Å². The number of carbonyl (C=O) groups is 1. The maximum absolute atomic E-state index is 13.5. The SMILES string of the molecule is O=C(Cc1cc(Br)ccc1F)c1cncc(Br)c1. The zero-order valence-corrected chi connectivity index (χ0v) is 12.3. The monoisotopic (exact) mass is 371 g/mol. The van der Waals surface area contributed by atoms with Crippen molar-refractivity contribution in [2.45, 2.75) is 6.42 Å². The summed E-state index contributed by atoms with van der Waals surface area (Å²) in [5.41, 5.74) is 0.832. The Hall–Kier alpha value is -1.07. The molecule has 0 aliphatic rings. The first-order valence-electron chi connectivity index (χ1n) is 5.14. The predicted octanol–water partition coefficient (Wildman–Crippen LogP) is 4.17. The molecule has 0 bridgehead atoms. The van der Waals surface area contributed by atoms with Crippen molar-refractivity contribution in [3.05, 3.63) is 62.5 Å². The second-order valence-electron chi connectivity index (χ2n) is 3.73. The predicted molar refractivity (Wildman–Crippen MR) is 74.1 cm³/mol. The largest absolute Gasteiger partial charge is 0.294 e. The maximum atomic E-state index is 13.5. The summed E-state index contributed by atoms with van der Waals surface area (Å²) in [6.07, 6.45) is 3.09. The summed E-state index contributed by atoms with van der Waals surface area (Å²) in [5, 5.41) is 0. The molecule has 0 saturated carbocycles. The lowest BCUT2D eigenvalue weighted by Crippen LogP contribution is -2.05. The van der Waals surface area contributed by atoms with Crippen LogP contribution in [-0.4, -0.2) is 10.8 Å². The Morgan fingerprint density at radius 2 is 1.94 bits per heavy atom. The van der Waals surface area contributed by atoms with E-state index < -0.39 is 0 Å². The molecule has 0 saturated heterocycles. The summed E-state index contributed by atoms with van der Waals surface area (Å²) in [6, 6.07) is 6.22. The molecule has 0 atom stereocenters. The van der Waals surface area contributed by atoms with E-state index in [0.29, 0.717) is 11.1 Å². The second-order valence-corrected chi connectivity index (χ2v) is 5.56. The molecule has 0 spiro atoms. The third kappa shape index (κ3) is 3.23. The molecule has 0 fully saturated rings. The van der Waals surface area contributed by atoms with Crippen LogP contribution in [0.25, 0.3) is 0 Å². The third-order valence-corrected chi connectivity index (χ3v) is 3.31. The smallest absolute Gasteiger partial charge is 0.168 e. The van der Waals surface area contributed by atoms with Crippen molar-refractivity contribution in [2.75, 3.05) is 0 Å². The van der Waals surface area contributed by atoms with E-state index in [1.807, 2.05) is 0 Å². The standard InChI is InChI=1S/C13H8Br2FNO/c14-10-1-2-12(16)8(3-10)5-13(18)9-4-11(15)7-17-6-9/h1-4,6-7H,5H2. The van der Waals surface area contributed by atoms with Crippen molar-refractivity contribution >= 4 is 37.6 Å². The summed E-state index contributed by atoms with van der Waals surface area (Å²) < 4.78 is 15.0. The fraction of sp³-hybridized carbons (Fsp3) is 0.0769. The molecule has 0 N–H and O–H groups in total. The number of Topliss-reactive ketones (excluding diaryl/α,β-unsaturated/α-hetero) is 1. The van der Waals surface area contributed by atoms with Crippen LogP contribution in [0, 0.1) is 5.82 Å². The molecule has 0 radical (unpaired) electrons. The van der Waals surface area contributed by atoms with E-state index in [9.17, 15) is 9.18 Å². The molecule has 5 heteroatoms. The van der Waals surface area contributed by atoms with E-state index >= 15 is 0 Å². The number of nitrogens with zero attached hydrogens (tertiary/aromatic N) is 1. The Morgan fingerprint density at radius 3 is 2.67 bits per heavy atom. The van der Waals surface area contributed by atoms with Crippen LogP contribution >= 0.6 is 31.9 Å². The molecule has 1 heterocycles. The van der Waals surface area contributed by atoms with Gasteiger partial charge in [-0.25, -0.2) is 4.39 Å². The van der Waals surface area contributed by atoms with E-state index in [-0.39, 0.29) is 18.0 Å². The lowest BCUT2D eigenvalue weighted by molar-refractivity contribution is 0.0991. The van der Waals surface area contributed by atoms with Gasteiger partial charge in [-0.05, 0) is 45.8 Å². The molecule has 2 aromatic rings. The number of aromatic nitrogens is 1.